The Balaban J connectivity index is 1.70. The number of urea groups is 1. The van der Waals surface area contributed by atoms with Gasteiger partial charge in [0, 0.05) is 17.0 Å². The van der Waals surface area contributed by atoms with E-state index in [-0.39, 0.29) is 12.1 Å². The van der Waals surface area contributed by atoms with Crippen molar-refractivity contribution in [2.24, 2.45) is 5.92 Å². The van der Waals surface area contributed by atoms with Crippen LogP contribution < -0.4 is 20.1 Å². The molecule has 2 unspecified atom stereocenters. The minimum Gasteiger partial charge on any atom is -0.486 e. The van der Waals surface area contributed by atoms with Crippen molar-refractivity contribution in [1.82, 2.24) is 5.32 Å². The van der Waals surface area contributed by atoms with E-state index in [1.807, 2.05) is 18.4 Å². The summed E-state index contributed by atoms with van der Waals surface area (Å²) in [6.45, 7) is 3.31. The molecule has 1 fully saturated rings. The van der Waals surface area contributed by atoms with Crippen molar-refractivity contribution in [1.29, 1.82) is 0 Å². The number of benzene rings is 1. The van der Waals surface area contributed by atoms with Crippen LogP contribution in [0.4, 0.5) is 10.5 Å². The molecule has 2 N–H and O–H groups in total. The Morgan fingerprint density at radius 2 is 1.87 bits per heavy atom. The molecule has 0 bridgehead atoms. The number of carbonyl (C=O) groups is 1. The summed E-state index contributed by atoms with van der Waals surface area (Å²) in [5, 5.41) is 6.09. The fourth-order valence-corrected chi connectivity index (χ4v) is 3.75. The second kappa shape index (κ2) is 7.34. The summed E-state index contributed by atoms with van der Waals surface area (Å²) in [5.41, 5.74) is 0.766. The minimum atomic E-state index is -0.143. The van der Waals surface area contributed by atoms with Crippen LogP contribution in [0.1, 0.15) is 32.6 Å². The smallest absolute Gasteiger partial charge is 0.319 e. The average Bonchev–Trinajstić information content (AvgIpc) is 2.56. The Kier molecular flexibility index (Phi) is 5.20. The van der Waals surface area contributed by atoms with Crippen LogP contribution in [0.15, 0.2) is 17.0 Å². The molecule has 1 aromatic carbocycles. The first-order chi connectivity index (χ1) is 11.2. The van der Waals surface area contributed by atoms with E-state index in [2.05, 4.69) is 17.6 Å². The van der Waals surface area contributed by atoms with Gasteiger partial charge in [0.05, 0.1) is 5.69 Å². The van der Waals surface area contributed by atoms with E-state index >= 15 is 0 Å². The van der Waals surface area contributed by atoms with Crippen LogP contribution in [-0.4, -0.2) is 31.5 Å². The topological polar surface area (TPSA) is 59.6 Å². The monoisotopic (exact) mass is 336 g/mol. The lowest BCUT2D eigenvalue weighted by molar-refractivity contribution is 0.171. The van der Waals surface area contributed by atoms with Gasteiger partial charge in [-0.3, -0.25) is 0 Å². The highest BCUT2D eigenvalue weighted by atomic mass is 32.2. The van der Waals surface area contributed by atoms with Crippen LogP contribution in [0.3, 0.4) is 0 Å². The third-order valence-electron chi connectivity index (χ3n) is 4.54. The van der Waals surface area contributed by atoms with E-state index in [0.717, 1.165) is 22.8 Å². The molecule has 23 heavy (non-hydrogen) atoms. The molecule has 0 saturated heterocycles. The van der Waals surface area contributed by atoms with Gasteiger partial charge in [-0.15, -0.1) is 11.8 Å². The zero-order valence-electron chi connectivity index (χ0n) is 13.7. The maximum Gasteiger partial charge on any atom is 0.319 e. The number of fused-ring (bicyclic) bond motifs is 1. The van der Waals surface area contributed by atoms with E-state index in [0.29, 0.717) is 24.9 Å². The van der Waals surface area contributed by atoms with Crippen molar-refractivity contribution in [2.45, 2.75) is 43.5 Å². The highest BCUT2D eigenvalue weighted by molar-refractivity contribution is 7.98. The Labute approximate surface area is 141 Å². The number of amides is 2. The number of nitrogens with one attached hydrogen (secondary N) is 2. The van der Waals surface area contributed by atoms with Gasteiger partial charge in [0.2, 0.25) is 0 Å². The summed E-state index contributed by atoms with van der Waals surface area (Å²) in [6.07, 6.45) is 6.68. The summed E-state index contributed by atoms with van der Waals surface area (Å²) in [7, 11) is 0. The molecule has 1 aliphatic heterocycles. The van der Waals surface area contributed by atoms with E-state index < -0.39 is 0 Å². The van der Waals surface area contributed by atoms with Gasteiger partial charge in [-0.2, -0.15) is 0 Å². The van der Waals surface area contributed by atoms with Crippen molar-refractivity contribution in [3.05, 3.63) is 12.1 Å². The summed E-state index contributed by atoms with van der Waals surface area (Å²) >= 11 is 1.58. The molecule has 0 radical (unpaired) electrons. The molecule has 5 nitrogen and oxygen atoms in total. The van der Waals surface area contributed by atoms with Gasteiger partial charge in [0.25, 0.3) is 0 Å². The predicted octanol–water partition coefficient (Wildman–Crippen LogP) is 3.88. The fraction of sp³-hybridized carbons (Fsp3) is 0.588. The lowest BCUT2D eigenvalue weighted by Crippen LogP contribution is -2.43. The minimum absolute atomic E-state index is 0.143. The molecular formula is C17H24N2O3S. The van der Waals surface area contributed by atoms with E-state index in [9.17, 15) is 4.79 Å². The van der Waals surface area contributed by atoms with Crippen LogP contribution in [0.25, 0.3) is 0 Å². The molecule has 0 aromatic heterocycles. The maximum atomic E-state index is 12.4. The molecule has 1 saturated carbocycles. The fourth-order valence-electron chi connectivity index (χ4n) is 3.19. The summed E-state index contributed by atoms with van der Waals surface area (Å²) < 4.78 is 11.2. The Morgan fingerprint density at radius 3 is 2.57 bits per heavy atom. The van der Waals surface area contributed by atoms with Crippen LogP contribution in [0, 0.1) is 5.92 Å². The van der Waals surface area contributed by atoms with Gasteiger partial charge < -0.3 is 20.1 Å². The van der Waals surface area contributed by atoms with Crippen LogP contribution in [-0.2, 0) is 0 Å². The van der Waals surface area contributed by atoms with Gasteiger partial charge in [-0.1, -0.05) is 19.8 Å². The number of anilines is 1. The molecule has 2 aliphatic rings. The summed E-state index contributed by atoms with van der Waals surface area (Å²) in [5.74, 6) is 1.97. The number of thioether (sulfide) groups is 1. The number of ether oxygens (including phenoxy) is 2. The van der Waals surface area contributed by atoms with E-state index in [1.165, 1.54) is 19.3 Å². The summed E-state index contributed by atoms with van der Waals surface area (Å²) in [4.78, 5) is 13.3. The maximum absolute atomic E-state index is 12.4. The quantitative estimate of drug-likeness (QED) is 0.823. The van der Waals surface area contributed by atoms with Crippen molar-refractivity contribution in [3.8, 4) is 11.5 Å². The standard InChI is InChI=1S/C17H24N2O3S/c1-11-5-3-4-6-12(11)18-17(20)19-13-9-14-15(10-16(13)23-2)22-8-7-21-14/h9-12H,3-8H2,1-2H3,(H2,18,19,20). The van der Waals surface area contributed by atoms with Crippen LogP contribution >= 0.6 is 11.8 Å². The Bertz CT molecular complexity index is 579. The first kappa shape index (κ1) is 16.3. The lowest BCUT2D eigenvalue weighted by Gasteiger charge is -2.29. The molecule has 6 heteroatoms. The molecule has 1 heterocycles. The SMILES string of the molecule is CSc1cc2c(cc1NC(=O)NC1CCCCC1C)OCCO2. The van der Waals surface area contributed by atoms with Crippen LogP contribution in [0.5, 0.6) is 11.5 Å². The van der Waals surface area contributed by atoms with Crippen molar-refractivity contribution in [2.75, 3.05) is 24.8 Å². The van der Waals surface area contributed by atoms with E-state index in [1.54, 1.807) is 11.8 Å². The van der Waals surface area contributed by atoms with Gasteiger partial charge in [-0.05, 0) is 31.1 Å². The Morgan fingerprint density at radius 1 is 1.17 bits per heavy atom. The highest BCUT2D eigenvalue weighted by Crippen LogP contribution is 2.39. The first-order valence-corrected chi connectivity index (χ1v) is 9.45. The van der Waals surface area contributed by atoms with E-state index in [4.69, 9.17) is 9.47 Å². The molecule has 126 valence electrons. The zero-order chi connectivity index (χ0) is 16.2. The normalized spacial score (nSPS) is 23.2. The highest BCUT2D eigenvalue weighted by Gasteiger charge is 2.23. The molecule has 1 aliphatic carbocycles. The van der Waals surface area contributed by atoms with Gasteiger partial charge >= 0.3 is 6.03 Å². The molecule has 0 spiro atoms. The van der Waals surface area contributed by atoms with Crippen molar-refractivity contribution in [3.63, 3.8) is 0 Å². The molecule has 3 rings (SSSR count). The van der Waals surface area contributed by atoms with Crippen molar-refractivity contribution < 1.29 is 14.3 Å². The Hall–Kier alpha value is -1.56. The molecular weight excluding hydrogens is 312 g/mol. The van der Waals surface area contributed by atoms with Gasteiger partial charge in [0.15, 0.2) is 11.5 Å². The lowest BCUT2D eigenvalue weighted by atomic mass is 9.86. The number of hydrogen-bond acceptors (Lipinski definition) is 4. The first-order valence-electron chi connectivity index (χ1n) is 8.22. The van der Waals surface area contributed by atoms with Gasteiger partial charge in [0.1, 0.15) is 13.2 Å². The third-order valence-corrected chi connectivity index (χ3v) is 5.32. The predicted molar refractivity (Wildman–Crippen MR) is 92.8 cm³/mol. The second-order valence-corrected chi connectivity index (χ2v) is 7.01. The summed E-state index contributed by atoms with van der Waals surface area (Å²) in [6, 6.07) is 3.90. The average molecular weight is 336 g/mol. The van der Waals surface area contributed by atoms with Crippen molar-refractivity contribution >= 4 is 23.5 Å². The number of rotatable bonds is 3. The number of hydrogen-bond donors (Lipinski definition) is 2. The number of carbonyl (C=O) groups excluding carboxylic acids is 1. The zero-order valence-corrected chi connectivity index (χ0v) is 14.5. The largest absolute Gasteiger partial charge is 0.486 e. The second-order valence-electron chi connectivity index (χ2n) is 6.16. The third kappa shape index (κ3) is 3.86. The molecule has 2 amide bonds. The van der Waals surface area contributed by atoms with Gasteiger partial charge in [-0.25, -0.2) is 4.79 Å². The van der Waals surface area contributed by atoms with Crippen LogP contribution in [0.2, 0.25) is 0 Å². The molecule has 1 aromatic rings. The molecule has 2 atom stereocenters.